The van der Waals surface area contributed by atoms with E-state index < -0.39 is 10.0 Å². The van der Waals surface area contributed by atoms with Gasteiger partial charge in [0.2, 0.25) is 15.9 Å². The van der Waals surface area contributed by atoms with Gasteiger partial charge in [0.15, 0.2) is 5.15 Å². The minimum absolute atomic E-state index is 0.131. The molecule has 0 radical (unpaired) electrons. The van der Waals surface area contributed by atoms with E-state index in [0.717, 1.165) is 11.1 Å². The van der Waals surface area contributed by atoms with Crippen molar-refractivity contribution < 1.29 is 13.2 Å². The number of sulfonamides is 1. The van der Waals surface area contributed by atoms with Crippen LogP contribution in [0.3, 0.4) is 0 Å². The maximum Gasteiger partial charge on any atom is 0.243 e. The van der Waals surface area contributed by atoms with Crippen LogP contribution in [0.4, 0.5) is 0 Å². The van der Waals surface area contributed by atoms with E-state index in [1.54, 1.807) is 6.07 Å². The quantitative estimate of drug-likeness (QED) is 0.811. The average Bonchev–Trinajstić information content (AvgIpc) is 2.45. The van der Waals surface area contributed by atoms with Crippen LogP contribution >= 0.6 is 11.6 Å². The minimum Gasteiger partial charge on any atom is -0.476 e. The third kappa shape index (κ3) is 3.53. The molecule has 0 amide bonds. The molecule has 1 fully saturated rings. The van der Waals surface area contributed by atoms with Gasteiger partial charge in [-0.05, 0) is 25.5 Å². The lowest BCUT2D eigenvalue weighted by molar-refractivity contribution is 0.126. The first-order valence-electron chi connectivity index (χ1n) is 7.54. The van der Waals surface area contributed by atoms with Crippen molar-refractivity contribution in [2.45, 2.75) is 18.7 Å². The first kappa shape index (κ1) is 17.1. The largest absolute Gasteiger partial charge is 0.476 e. The summed E-state index contributed by atoms with van der Waals surface area (Å²) in [6, 6.07) is 5.37. The Morgan fingerprint density at radius 3 is 2.71 bits per heavy atom. The normalized spacial score (nSPS) is 16.0. The zero-order chi connectivity index (χ0) is 17.3. The molecule has 2 heterocycles. The molecule has 0 bridgehead atoms. The first-order valence-corrected chi connectivity index (χ1v) is 9.36. The van der Waals surface area contributed by atoms with Crippen LogP contribution in [0.2, 0.25) is 5.15 Å². The first-order chi connectivity index (χ1) is 11.4. The number of ether oxygens (including phenoxy) is 1. The summed E-state index contributed by atoms with van der Waals surface area (Å²) < 4.78 is 32.3. The molecule has 1 saturated heterocycles. The van der Waals surface area contributed by atoms with Gasteiger partial charge in [0.1, 0.15) is 0 Å². The standard InChI is InChI=1S/C16H18ClN3O3S/c1-11-3-4-14(12(2)5-11)24(21,22)20-8-13(9-20)10-23-16-7-18-6-15(17)19-16/h3-7,13H,8-10H2,1-2H3. The van der Waals surface area contributed by atoms with E-state index in [1.165, 1.54) is 16.7 Å². The van der Waals surface area contributed by atoms with E-state index in [9.17, 15) is 8.42 Å². The number of aryl methyl sites for hydroxylation is 2. The smallest absolute Gasteiger partial charge is 0.243 e. The number of hydrogen-bond acceptors (Lipinski definition) is 5. The highest BCUT2D eigenvalue weighted by atomic mass is 35.5. The maximum absolute atomic E-state index is 12.7. The molecule has 1 aliphatic heterocycles. The third-order valence-corrected chi connectivity index (χ3v) is 6.10. The van der Waals surface area contributed by atoms with Crippen LogP contribution in [0, 0.1) is 19.8 Å². The summed E-state index contributed by atoms with van der Waals surface area (Å²) in [4.78, 5) is 8.25. The second-order valence-corrected chi connectivity index (χ2v) is 8.24. The van der Waals surface area contributed by atoms with Crippen molar-refractivity contribution in [2.24, 2.45) is 5.92 Å². The minimum atomic E-state index is -3.44. The molecule has 128 valence electrons. The van der Waals surface area contributed by atoms with Crippen LogP contribution in [0.1, 0.15) is 11.1 Å². The van der Waals surface area contributed by atoms with E-state index in [0.29, 0.717) is 30.5 Å². The highest BCUT2D eigenvalue weighted by Gasteiger charge is 2.37. The van der Waals surface area contributed by atoms with Crippen LogP contribution in [0.25, 0.3) is 0 Å². The summed E-state index contributed by atoms with van der Waals surface area (Å²) in [7, 11) is -3.44. The lowest BCUT2D eigenvalue weighted by Gasteiger charge is -2.37. The van der Waals surface area contributed by atoms with Crippen molar-refractivity contribution in [2.75, 3.05) is 19.7 Å². The molecule has 1 aromatic heterocycles. The predicted octanol–water partition coefficient (Wildman–Crippen LogP) is 2.45. The molecule has 0 aliphatic carbocycles. The third-order valence-electron chi connectivity index (χ3n) is 3.92. The van der Waals surface area contributed by atoms with Gasteiger partial charge in [-0.15, -0.1) is 0 Å². The SMILES string of the molecule is Cc1ccc(S(=O)(=O)N2CC(COc3cncc(Cl)n3)C2)c(C)c1. The van der Waals surface area contributed by atoms with Crippen molar-refractivity contribution in [3.63, 3.8) is 0 Å². The van der Waals surface area contributed by atoms with Gasteiger partial charge in [-0.1, -0.05) is 29.3 Å². The van der Waals surface area contributed by atoms with Gasteiger partial charge >= 0.3 is 0 Å². The highest BCUT2D eigenvalue weighted by Crippen LogP contribution is 2.27. The van der Waals surface area contributed by atoms with Crippen molar-refractivity contribution in [1.29, 1.82) is 0 Å². The van der Waals surface area contributed by atoms with Gasteiger partial charge in [0.05, 0.1) is 23.9 Å². The van der Waals surface area contributed by atoms with Crippen LogP contribution in [0.15, 0.2) is 35.5 Å². The summed E-state index contributed by atoms with van der Waals surface area (Å²) in [6.07, 6.45) is 2.91. The molecule has 3 rings (SSSR count). The second-order valence-electron chi connectivity index (χ2n) is 5.95. The van der Waals surface area contributed by atoms with Gasteiger partial charge < -0.3 is 4.74 Å². The Kier molecular flexibility index (Phi) is 4.76. The van der Waals surface area contributed by atoms with Crippen molar-refractivity contribution in [1.82, 2.24) is 14.3 Å². The van der Waals surface area contributed by atoms with Gasteiger partial charge in [0.25, 0.3) is 0 Å². The number of nitrogens with zero attached hydrogens (tertiary/aromatic N) is 3. The molecular weight excluding hydrogens is 350 g/mol. The Hall–Kier alpha value is -1.70. The second kappa shape index (κ2) is 6.66. The van der Waals surface area contributed by atoms with Gasteiger partial charge in [-0.25, -0.2) is 8.42 Å². The van der Waals surface area contributed by atoms with E-state index in [4.69, 9.17) is 16.3 Å². The Bertz CT molecular complexity index is 851. The fraction of sp³-hybridized carbons (Fsp3) is 0.375. The van der Waals surface area contributed by atoms with E-state index in [1.807, 2.05) is 26.0 Å². The van der Waals surface area contributed by atoms with Gasteiger partial charge in [-0.2, -0.15) is 9.29 Å². The molecule has 24 heavy (non-hydrogen) atoms. The zero-order valence-corrected chi connectivity index (χ0v) is 15.0. The number of halogens is 1. The highest BCUT2D eigenvalue weighted by molar-refractivity contribution is 7.89. The molecule has 1 aromatic carbocycles. The van der Waals surface area contributed by atoms with Crippen molar-refractivity contribution >= 4 is 21.6 Å². The number of hydrogen-bond donors (Lipinski definition) is 0. The summed E-state index contributed by atoms with van der Waals surface area (Å²) >= 11 is 5.74. The molecule has 0 atom stereocenters. The topological polar surface area (TPSA) is 72.4 Å². The number of benzene rings is 1. The van der Waals surface area contributed by atoms with E-state index in [-0.39, 0.29) is 11.1 Å². The monoisotopic (exact) mass is 367 g/mol. The van der Waals surface area contributed by atoms with Crippen LogP contribution in [-0.4, -0.2) is 42.4 Å². The maximum atomic E-state index is 12.7. The van der Waals surface area contributed by atoms with Crippen molar-refractivity contribution in [3.8, 4) is 5.88 Å². The molecule has 0 unspecified atom stereocenters. The van der Waals surface area contributed by atoms with Crippen LogP contribution < -0.4 is 4.74 Å². The van der Waals surface area contributed by atoms with E-state index in [2.05, 4.69) is 9.97 Å². The Morgan fingerprint density at radius 2 is 2.04 bits per heavy atom. The molecule has 0 saturated carbocycles. The molecule has 8 heteroatoms. The Morgan fingerprint density at radius 1 is 1.29 bits per heavy atom. The molecular formula is C16H18ClN3O3S. The number of rotatable bonds is 5. The summed E-state index contributed by atoms with van der Waals surface area (Å²) in [6.45, 7) is 5.01. The predicted molar refractivity (Wildman–Crippen MR) is 90.7 cm³/mol. The van der Waals surface area contributed by atoms with Gasteiger partial charge in [0, 0.05) is 19.0 Å². The van der Waals surface area contributed by atoms with Crippen molar-refractivity contribution in [3.05, 3.63) is 46.9 Å². The Balaban J connectivity index is 1.59. The fourth-order valence-electron chi connectivity index (χ4n) is 2.65. The fourth-order valence-corrected chi connectivity index (χ4v) is 4.59. The lowest BCUT2D eigenvalue weighted by atomic mass is 10.1. The van der Waals surface area contributed by atoms with Crippen LogP contribution in [-0.2, 0) is 10.0 Å². The van der Waals surface area contributed by atoms with Crippen LogP contribution in [0.5, 0.6) is 5.88 Å². The summed E-state index contributed by atoms with van der Waals surface area (Å²) in [5, 5.41) is 0.264. The number of aromatic nitrogens is 2. The lowest BCUT2D eigenvalue weighted by Crippen LogP contribution is -2.52. The average molecular weight is 368 g/mol. The zero-order valence-electron chi connectivity index (χ0n) is 13.4. The molecule has 1 aliphatic rings. The molecule has 0 N–H and O–H groups in total. The molecule has 6 nitrogen and oxygen atoms in total. The molecule has 0 spiro atoms. The summed E-state index contributed by atoms with van der Waals surface area (Å²) in [5.41, 5.74) is 1.81. The Labute approximate surface area is 146 Å². The summed E-state index contributed by atoms with van der Waals surface area (Å²) in [5.74, 6) is 0.476. The van der Waals surface area contributed by atoms with Gasteiger partial charge in [-0.3, -0.25) is 4.98 Å². The molecule has 2 aromatic rings. The van der Waals surface area contributed by atoms with E-state index >= 15 is 0 Å².